The van der Waals surface area contributed by atoms with Crippen molar-refractivity contribution < 1.29 is 13.2 Å². The molecule has 2 aromatic rings. The number of aromatic nitrogens is 1. The van der Waals surface area contributed by atoms with Crippen molar-refractivity contribution in [1.82, 2.24) is 4.98 Å². The van der Waals surface area contributed by atoms with Gasteiger partial charge in [0.1, 0.15) is 0 Å². The number of hydrogen-bond acceptors (Lipinski definition) is 3. The zero-order chi connectivity index (χ0) is 14.8. The van der Waals surface area contributed by atoms with Crippen LogP contribution >= 0.6 is 0 Å². The number of hydrogen-bond donors (Lipinski definition) is 1. The van der Waals surface area contributed by atoms with E-state index in [4.69, 9.17) is 11.0 Å². The molecule has 1 heterocycles. The maximum Gasteiger partial charge on any atom is 0.417 e. The average molecular weight is 277 g/mol. The topological polar surface area (TPSA) is 62.7 Å². The number of nitrogen functional groups attached to an aromatic ring is 1. The van der Waals surface area contributed by atoms with Crippen molar-refractivity contribution in [2.75, 3.05) is 5.73 Å². The fourth-order valence-electron chi connectivity index (χ4n) is 1.85. The number of nitrogens with two attached hydrogens (primary N) is 1. The Balaban J connectivity index is 2.58. The van der Waals surface area contributed by atoms with Crippen LogP contribution < -0.4 is 5.73 Å². The predicted octanol–water partition coefficient (Wildman–Crippen LogP) is 3.42. The number of nitrogens with zero attached hydrogens (tertiary/aromatic N) is 2. The third-order valence-electron chi connectivity index (χ3n) is 2.80. The van der Waals surface area contributed by atoms with E-state index in [2.05, 4.69) is 4.98 Å². The molecule has 0 unspecified atom stereocenters. The lowest BCUT2D eigenvalue weighted by molar-refractivity contribution is -0.137. The lowest BCUT2D eigenvalue weighted by atomic mass is 10.0. The molecule has 0 saturated heterocycles. The second-order valence-electron chi connectivity index (χ2n) is 4.15. The van der Waals surface area contributed by atoms with Crippen LogP contribution in [0.4, 0.5) is 18.9 Å². The summed E-state index contributed by atoms with van der Waals surface area (Å²) in [6.45, 7) is 0. The van der Waals surface area contributed by atoms with Crippen LogP contribution in [0.5, 0.6) is 0 Å². The van der Waals surface area contributed by atoms with Gasteiger partial charge >= 0.3 is 6.18 Å². The highest BCUT2D eigenvalue weighted by Gasteiger charge is 2.33. The van der Waals surface area contributed by atoms with Crippen molar-refractivity contribution in [2.24, 2.45) is 0 Å². The maximum absolute atomic E-state index is 13.0. The third kappa shape index (κ3) is 2.72. The van der Waals surface area contributed by atoms with E-state index in [0.29, 0.717) is 11.3 Å². The molecule has 0 spiro atoms. The third-order valence-corrected chi connectivity index (χ3v) is 2.80. The molecule has 0 radical (unpaired) electrons. The summed E-state index contributed by atoms with van der Waals surface area (Å²) in [6.07, 6.45) is -3.17. The van der Waals surface area contributed by atoms with Gasteiger partial charge in [-0.1, -0.05) is 18.2 Å². The molecular formula is C14H10F3N3. The predicted molar refractivity (Wildman–Crippen MR) is 68.4 cm³/mol. The minimum atomic E-state index is -4.46. The molecule has 0 fully saturated rings. The maximum atomic E-state index is 13.0. The first kappa shape index (κ1) is 13.9. The Bertz CT molecular complexity index is 672. The van der Waals surface area contributed by atoms with Gasteiger partial charge in [-0.3, -0.25) is 4.98 Å². The monoisotopic (exact) mass is 277 g/mol. The van der Waals surface area contributed by atoms with E-state index in [1.54, 1.807) is 0 Å². The number of rotatable bonds is 2. The zero-order valence-corrected chi connectivity index (χ0v) is 10.3. The molecule has 0 bridgehead atoms. The Morgan fingerprint density at radius 1 is 1.25 bits per heavy atom. The quantitative estimate of drug-likeness (QED) is 0.914. The average Bonchev–Trinajstić information content (AvgIpc) is 2.41. The number of nitriles is 1. The molecular weight excluding hydrogens is 267 g/mol. The van der Waals surface area contributed by atoms with Gasteiger partial charge in [-0.15, -0.1) is 0 Å². The fourth-order valence-corrected chi connectivity index (χ4v) is 1.85. The lowest BCUT2D eigenvalue weighted by Gasteiger charge is -2.13. The van der Waals surface area contributed by atoms with E-state index in [-0.39, 0.29) is 17.7 Å². The largest absolute Gasteiger partial charge is 0.417 e. The Morgan fingerprint density at radius 2 is 1.95 bits per heavy atom. The smallest absolute Gasteiger partial charge is 0.397 e. The fraction of sp³-hybridized carbons (Fsp3) is 0.143. The molecule has 0 amide bonds. The first-order valence-electron chi connectivity index (χ1n) is 5.71. The van der Waals surface area contributed by atoms with Gasteiger partial charge in [-0.05, 0) is 17.7 Å². The molecule has 3 nitrogen and oxygen atoms in total. The van der Waals surface area contributed by atoms with Crippen molar-refractivity contribution >= 4 is 5.69 Å². The van der Waals surface area contributed by atoms with Crippen LogP contribution in [0.15, 0.2) is 36.5 Å². The second-order valence-corrected chi connectivity index (χ2v) is 4.15. The van der Waals surface area contributed by atoms with Gasteiger partial charge in [0.25, 0.3) is 0 Å². The van der Waals surface area contributed by atoms with Gasteiger partial charge in [-0.2, -0.15) is 18.4 Å². The van der Waals surface area contributed by atoms with Crippen LogP contribution in [-0.4, -0.2) is 4.98 Å². The molecule has 2 rings (SSSR count). The summed E-state index contributed by atoms with van der Waals surface area (Å²) < 4.78 is 38.9. The van der Waals surface area contributed by atoms with Gasteiger partial charge < -0.3 is 5.73 Å². The van der Waals surface area contributed by atoms with Gasteiger partial charge in [-0.25, -0.2) is 0 Å². The van der Waals surface area contributed by atoms with Gasteiger partial charge in [0.05, 0.1) is 35.6 Å². The van der Waals surface area contributed by atoms with Crippen molar-refractivity contribution in [1.29, 1.82) is 5.26 Å². The molecule has 2 N–H and O–H groups in total. The Morgan fingerprint density at radius 3 is 2.60 bits per heavy atom. The molecule has 0 saturated carbocycles. The molecule has 1 aromatic heterocycles. The van der Waals surface area contributed by atoms with Gasteiger partial charge in [0, 0.05) is 5.56 Å². The Kier molecular flexibility index (Phi) is 3.61. The number of benzene rings is 1. The van der Waals surface area contributed by atoms with E-state index in [9.17, 15) is 13.2 Å². The van der Waals surface area contributed by atoms with E-state index < -0.39 is 11.7 Å². The molecule has 0 aliphatic heterocycles. The van der Waals surface area contributed by atoms with Crippen molar-refractivity contribution in [2.45, 2.75) is 12.6 Å². The minimum absolute atomic E-state index is 0.0234. The van der Waals surface area contributed by atoms with Crippen molar-refractivity contribution in [3.63, 3.8) is 0 Å². The summed E-state index contributed by atoms with van der Waals surface area (Å²) in [6, 6.07) is 8.51. The molecule has 20 heavy (non-hydrogen) atoms. The lowest BCUT2D eigenvalue weighted by Crippen LogP contribution is -2.07. The Labute approximate surface area is 113 Å². The van der Waals surface area contributed by atoms with E-state index in [1.807, 2.05) is 6.07 Å². The van der Waals surface area contributed by atoms with Gasteiger partial charge in [0.2, 0.25) is 0 Å². The van der Waals surface area contributed by atoms with E-state index in [1.165, 1.54) is 30.5 Å². The Hall–Kier alpha value is -2.55. The van der Waals surface area contributed by atoms with E-state index >= 15 is 0 Å². The highest BCUT2D eigenvalue weighted by molar-refractivity contribution is 5.67. The number of anilines is 1. The van der Waals surface area contributed by atoms with Crippen LogP contribution in [0.25, 0.3) is 11.3 Å². The summed E-state index contributed by atoms with van der Waals surface area (Å²) in [5.41, 5.74) is 5.76. The molecule has 0 aliphatic carbocycles. The van der Waals surface area contributed by atoms with E-state index in [0.717, 1.165) is 6.07 Å². The second kappa shape index (κ2) is 5.21. The molecule has 0 aliphatic rings. The summed E-state index contributed by atoms with van der Waals surface area (Å²) in [7, 11) is 0. The van der Waals surface area contributed by atoms with Crippen LogP contribution in [0.3, 0.4) is 0 Å². The molecule has 1 aromatic carbocycles. The zero-order valence-electron chi connectivity index (χ0n) is 10.3. The highest BCUT2D eigenvalue weighted by atomic mass is 19.4. The first-order chi connectivity index (χ1) is 9.43. The van der Waals surface area contributed by atoms with Crippen LogP contribution in [-0.2, 0) is 12.6 Å². The van der Waals surface area contributed by atoms with Gasteiger partial charge in [0.15, 0.2) is 0 Å². The number of alkyl halides is 3. The van der Waals surface area contributed by atoms with Crippen LogP contribution in [0, 0.1) is 11.3 Å². The van der Waals surface area contributed by atoms with Crippen LogP contribution in [0.1, 0.15) is 11.1 Å². The number of halogens is 3. The highest BCUT2D eigenvalue weighted by Crippen LogP contribution is 2.36. The standard InChI is InChI=1S/C14H10F3N3/c15-14(16,17)11-4-2-1-3-10(11)13-7-9(5-6-18)12(19)8-20-13/h1-4,7-8H,5,19H2. The summed E-state index contributed by atoms with van der Waals surface area (Å²) in [5, 5.41) is 8.68. The normalized spacial score (nSPS) is 11.1. The molecule has 102 valence electrons. The SMILES string of the molecule is N#CCc1cc(-c2ccccc2C(F)(F)F)ncc1N. The summed E-state index contributed by atoms with van der Waals surface area (Å²) in [4.78, 5) is 3.93. The van der Waals surface area contributed by atoms with Crippen molar-refractivity contribution in [3.05, 3.63) is 47.7 Å². The van der Waals surface area contributed by atoms with Crippen LogP contribution in [0.2, 0.25) is 0 Å². The summed E-state index contributed by atoms with van der Waals surface area (Å²) >= 11 is 0. The summed E-state index contributed by atoms with van der Waals surface area (Å²) in [5.74, 6) is 0. The minimum Gasteiger partial charge on any atom is -0.397 e. The molecule has 6 heteroatoms. The number of pyridine rings is 1. The molecule has 0 atom stereocenters. The van der Waals surface area contributed by atoms with Crippen molar-refractivity contribution in [3.8, 4) is 17.3 Å². The first-order valence-corrected chi connectivity index (χ1v) is 5.71.